The highest BCUT2D eigenvalue weighted by atomic mass is 35.6. The smallest absolute Gasteiger partial charge is 0.171 e. The first kappa shape index (κ1) is 7.51. The minimum absolute atomic E-state index is 0.431. The molecule has 2 radical (unpaired) electrons. The molecule has 0 saturated heterocycles. The Bertz CT molecular complexity index is 46.5. The van der Waals surface area contributed by atoms with E-state index in [2.05, 4.69) is 20.8 Å². The summed E-state index contributed by atoms with van der Waals surface area (Å²) in [5.74, 6) is 0. The van der Waals surface area contributed by atoms with Crippen LogP contribution in [0.3, 0.4) is 0 Å². The molecular weight excluding hydrogens is 124 g/mol. The van der Waals surface area contributed by atoms with E-state index in [1.807, 2.05) is 0 Å². The van der Waals surface area contributed by atoms with Crippen molar-refractivity contribution in [1.29, 1.82) is 0 Å². The molecule has 42 valence electrons. The normalized spacial score (nSPS) is 12.0. The lowest BCUT2D eigenvalue weighted by Gasteiger charge is -2.13. The van der Waals surface area contributed by atoms with Crippen LogP contribution in [0, 0.1) is 5.41 Å². The predicted octanol–water partition coefficient (Wildman–Crippen LogP) is 2.31. The summed E-state index contributed by atoms with van der Waals surface area (Å²) in [6.07, 6.45) is 0. The Kier molecular flexibility index (Phi) is 2.92. The van der Waals surface area contributed by atoms with Crippen LogP contribution in [0.2, 0.25) is 6.04 Å². The van der Waals surface area contributed by atoms with E-state index in [-0.39, 0.29) is 0 Å². The zero-order valence-corrected chi connectivity index (χ0v) is 6.84. The average molecular weight is 135 g/mol. The predicted molar refractivity (Wildman–Crippen MR) is 35.9 cm³/mol. The van der Waals surface area contributed by atoms with Gasteiger partial charge >= 0.3 is 0 Å². The van der Waals surface area contributed by atoms with Crippen molar-refractivity contribution in [2.45, 2.75) is 26.8 Å². The van der Waals surface area contributed by atoms with Crippen LogP contribution < -0.4 is 0 Å². The standard InChI is InChI=1S/C5H11ClSi/c1-5(2,3)4-7-6/h4H2,1-3H3. The van der Waals surface area contributed by atoms with E-state index >= 15 is 0 Å². The maximum Gasteiger partial charge on any atom is 0.172 e. The molecule has 0 N–H and O–H groups in total. The second-order valence-corrected chi connectivity index (χ2v) is 4.29. The first-order valence-electron chi connectivity index (χ1n) is 2.40. The van der Waals surface area contributed by atoms with E-state index in [0.29, 0.717) is 14.2 Å². The summed E-state index contributed by atoms with van der Waals surface area (Å²) in [5, 5.41) is 0. The lowest BCUT2D eigenvalue weighted by molar-refractivity contribution is 0.468. The molecule has 0 aliphatic rings. The molecule has 0 aromatic carbocycles. The summed E-state index contributed by atoms with van der Waals surface area (Å²) in [6, 6.07) is 1.13. The van der Waals surface area contributed by atoms with Crippen LogP contribution in [-0.2, 0) is 0 Å². The van der Waals surface area contributed by atoms with Crippen molar-refractivity contribution in [2.24, 2.45) is 5.41 Å². The molecule has 0 bridgehead atoms. The van der Waals surface area contributed by atoms with Gasteiger partial charge in [0.05, 0.1) is 0 Å². The third-order valence-electron chi connectivity index (χ3n) is 0.597. The second-order valence-electron chi connectivity index (χ2n) is 2.87. The molecular formula is C5H11ClSi. The highest BCUT2D eigenvalue weighted by Crippen LogP contribution is 2.18. The molecule has 0 saturated carbocycles. The molecule has 0 atom stereocenters. The van der Waals surface area contributed by atoms with Gasteiger partial charge in [-0.2, -0.15) is 11.1 Å². The Hall–Kier alpha value is 0.507. The Morgan fingerprint density at radius 1 is 1.43 bits per heavy atom. The van der Waals surface area contributed by atoms with E-state index in [1.165, 1.54) is 0 Å². The maximum atomic E-state index is 5.51. The molecule has 2 heteroatoms. The Morgan fingerprint density at radius 3 is 1.86 bits per heavy atom. The van der Waals surface area contributed by atoms with Crippen molar-refractivity contribution in [2.75, 3.05) is 0 Å². The summed E-state index contributed by atoms with van der Waals surface area (Å²) in [7, 11) is 0.581. The van der Waals surface area contributed by atoms with Crippen molar-refractivity contribution in [3.8, 4) is 0 Å². The molecule has 7 heavy (non-hydrogen) atoms. The molecule has 0 amide bonds. The number of hydrogen-bond acceptors (Lipinski definition) is 0. The Labute approximate surface area is 52.8 Å². The SMILES string of the molecule is CC(C)(C)C[Si]Cl. The molecule has 0 aromatic heterocycles. The van der Waals surface area contributed by atoms with Crippen LogP contribution in [-0.4, -0.2) is 8.83 Å². The zero-order valence-electron chi connectivity index (χ0n) is 5.09. The molecule has 0 rings (SSSR count). The summed E-state index contributed by atoms with van der Waals surface area (Å²) in [6.45, 7) is 6.59. The van der Waals surface area contributed by atoms with Crippen LogP contribution in [0.4, 0.5) is 0 Å². The van der Waals surface area contributed by atoms with Gasteiger partial charge in [0, 0.05) is 0 Å². The molecule has 0 aromatic rings. The van der Waals surface area contributed by atoms with Gasteiger partial charge in [0.15, 0.2) is 8.83 Å². The van der Waals surface area contributed by atoms with Crippen LogP contribution >= 0.6 is 11.1 Å². The fourth-order valence-electron chi connectivity index (χ4n) is 0.200. The zero-order chi connectivity index (χ0) is 5.91. The monoisotopic (exact) mass is 134 g/mol. The van der Waals surface area contributed by atoms with Gasteiger partial charge < -0.3 is 0 Å². The quantitative estimate of drug-likeness (QED) is 0.382. The van der Waals surface area contributed by atoms with Crippen molar-refractivity contribution in [3.05, 3.63) is 0 Å². The van der Waals surface area contributed by atoms with E-state index in [1.54, 1.807) is 0 Å². The van der Waals surface area contributed by atoms with E-state index < -0.39 is 0 Å². The second kappa shape index (κ2) is 2.73. The van der Waals surface area contributed by atoms with Crippen molar-refractivity contribution >= 4 is 19.9 Å². The molecule has 0 aliphatic heterocycles. The third-order valence-corrected chi connectivity index (χ3v) is 2.19. The Morgan fingerprint density at radius 2 is 1.86 bits per heavy atom. The molecule has 0 fully saturated rings. The molecule has 0 spiro atoms. The largest absolute Gasteiger partial charge is 0.172 e. The molecule has 0 unspecified atom stereocenters. The fourth-order valence-corrected chi connectivity index (χ4v) is 1.80. The first-order chi connectivity index (χ1) is 3.06. The number of rotatable bonds is 1. The highest BCUT2D eigenvalue weighted by Gasteiger charge is 2.07. The van der Waals surface area contributed by atoms with Gasteiger partial charge in [-0.25, -0.2) is 0 Å². The topological polar surface area (TPSA) is 0 Å². The van der Waals surface area contributed by atoms with Crippen LogP contribution in [0.25, 0.3) is 0 Å². The minimum atomic E-state index is 0.431. The summed E-state index contributed by atoms with van der Waals surface area (Å²) >= 11 is 5.51. The van der Waals surface area contributed by atoms with Crippen molar-refractivity contribution < 1.29 is 0 Å². The van der Waals surface area contributed by atoms with E-state index in [9.17, 15) is 0 Å². The maximum absolute atomic E-state index is 5.51. The van der Waals surface area contributed by atoms with Gasteiger partial charge in [-0.05, 0) is 11.5 Å². The minimum Gasteiger partial charge on any atom is -0.171 e. The summed E-state index contributed by atoms with van der Waals surface area (Å²) in [5.41, 5.74) is 0.431. The lowest BCUT2D eigenvalue weighted by Crippen LogP contribution is -2.04. The number of halogens is 1. The van der Waals surface area contributed by atoms with Crippen LogP contribution in [0.1, 0.15) is 20.8 Å². The van der Waals surface area contributed by atoms with E-state index in [0.717, 1.165) is 6.04 Å². The molecule has 0 aliphatic carbocycles. The van der Waals surface area contributed by atoms with Gasteiger partial charge in [0.2, 0.25) is 0 Å². The van der Waals surface area contributed by atoms with Gasteiger partial charge in [-0.3, -0.25) is 0 Å². The number of hydrogen-bond donors (Lipinski definition) is 0. The third kappa shape index (κ3) is 6.51. The van der Waals surface area contributed by atoms with Crippen molar-refractivity contribution in [3.63, 3.8) is 0 Å². The fraction of sp³-hybridized carbons (Fsp3) is 1.00. The molecule has 0 heterocycles. The lowest BCUT2D eigenvalue weighted by atomic mass is 10.0. The summed E-state index contributed by atoms with van der Waals surface area (Å²) in [4.78, 5) is 0. The van der Waals surface area contributed by atoms with Crippen LogP contribution in [0.15, 0.2) is 0 Å². The summed E-state index contributed by atoms with van der Waals surface area (Å²) < 4.78 is 0. The average Bonchev–Trinajstić information content (AvgIpc) is 1.30. The first-order valence-corrected chi connectivity index (χ1v) is 4.62. The van der Waals surface area contributed by atoms with Gasteiger partial charge in [0.1, 0.15) is 0 Å². The van der Waals surface area contributed by atoms with Gasteiger partial charge in [0.25, 0.3) is 0 Å². The van der Waals surface area contributed by atoms with Gasteiger partial charge in [-0.15, -0.1) is 0 Å². The van der Waals surface area contributed by atoms with Gasteiger partial charge in [-0.1, -0.05) is 20.8 Å². The molecule has 0 nitrogen and oxygen atoms in total. The van der Waals surface area contributed by atoms with Crippen LogP contribution in [0.5, 0.6) is 0 Å². The highest BCUT2D eigenvalue weighted by molar-refractivity contribution is 6.93. The van der Waals surface area contributed by atoms with Crippen molar-refractivity contribution in [1.82, 2.24) is 0 Å². The van der Waals surface area contributed by atoms with E-state index in [4.69, 9.17) is 11.1 Å². The Balaban J connectivity index is 3.15.